The normalized spacial score (nSPS) is 13.7. The highest BCUT2D eigenvalue weighted by Crippen LogP contribution is 2.25. The molecule has 0 aliphatic carbocycles. The van der Waals surface area contributed by atoms with Gasteiger partial charge < -0.3 is 10.5 Å². The molecule has 0 bridgehead atoms. The number of rotatable bonds is 5. The molecule has 112 valence electrons. The van der Waals surface area contributed by atoms with Crippen molar-refractivity contribution in [2.75, 3.05) is 7.11 Å². The van der Waals surface area contributed by atoms with E-state index in [0.29, 0.717) is 23.6 Å². The molecule has 0 spiro atoms. The Morgan fingerprint density at radius 3 is 2.62 bits per heavy atom. The average Bonchev–Trinajstić information content (AvgIpc) is 2.84. The van der Waals surface area contributed by atoms with Crippen LogP contribution in [-0.2, 0) is 21.6 Å². The summed E-state index contributed by atoms with van der Waals surface area (Å²) in [7, 11) is 1.34. The second-order valence-corrected chi connectivity index (χ2v) is 5.29. The summed E-state index contributed by atoms with van der Waals surface area (Å²) in [6.45, 7) is 2.34. The molecule has 0 saturated carbocycles. The van der Waals surface area contributed by atoms with E-state index in [9.17, 15) is 4.79 Å². The number of nitrogens with two attached hydrogens (primary N) is 1. The largest absolute Gasteiger partial charge is 0.467 e. The minimum atomic E-state index is -1.21. The summed E-state index contributed by atoms with van der Waals surface area (Å²) in [6.07, 6.45) is 1.94. The van der Waals surface area contributed by atoms with Crippen LogP contribution in [0, 0.1) is 6.92 Å². The summed E-state index contributed by atoms with van der Waals surface area (Å²) < 4.78 is 6.61. The van der Waals surface area contributed by atoms with Crippen molar-refractivity contribution in [1.29, 1.82) is 0 Å². The van der Waals surface area contributed by atoms with E-state index in [1.807, 2.05) is 37.3 Å². The van der Waals surface area contributed by atoms with Crippen LogP contribution in [-0.4, -0.2) is 22.9 Å². The Kier molecular flexibility index (Phi) is 4.65. The number of ether oxygens (including phenoxy) is 1. The Balaban J connectivity index is 2.25. The minimum absolute atomic E-state index is 0.364. The number of hydrogen-bond acceptors (Lipinski definition) is 4. The Bertz CT molecular complexity index is 627. The number of benzene rings is 1. The molecule has 0 radical (unpaired) electrons. The Labute approximate surface area is 128 Å². The summed E-state index contributed by atoms with van der Waals surface area (Å²) in [4.78, 5) is 12.1. The van der Waals surface area contributed by atoms with E-state index in [2.05, 4.69) is 5.10 Å². The van der Waals surface area contributed by atoms with Crippen LogP contribution >= 0.6 is 11.6 Å². The fraction of sp³-hybridized carbons (Fsp3) is 0.333. The number of aryl methyl sites for hydroxylation is 1. The fourth-order valence-corrected chi connectivity index (χ4v) is 2.35. The van der Waals surface area contributed by atoms with E-state index >= 15 is 0 Å². The second-order valence-electron chi connectivity index (χ2n) is 4.88. The van der Waals surface area contributed by atoms with Gasteiger partial charge in [-0.3, -0.25) is 4.68 Å². The molecular weight excluding hydrogens is 290 g/mol. The highest BCUT2D eigenvalue weighted by Gasteiger charge is 2.37. The van der Waals surface area contributed by atoms with Crippen molar-refractivity contribution < 1.29 is 9.53 Å². The number of halogens is 1. The zero-order valence-corrected chi connectivity index (χ0v) is 12.8. The maximum atomic E-state index is 12.1. The summed E-state index contributed by atoms with van der Waals surface area (Å²) >= 11 is 5.98. The van der Waals surface area contributed by atoms with Crippen molar-refractivity contribution in [2.45, 2.75) is 25.4 Å². The van der Waals surface area contributed by atoms with Gasteiger partial charge in [0.05, 0.1) is 24.0 Å². The molecule has 1 heterocycles. The van der Waals surface area contributed by atoms with E-state index in [4.69, 9.17) is 22.1 Å². The SMILES string of the molecule is COC(=O)C(N)(CCn1ncc(Cl)c1C)c1ccccc1. The van der Waals surface area contributed by atoms with Crippen LogP contribution < -0.4 is 5.73 Å². The van der Waals surface area contributed by atoms with Gasteiger partial charge in [0.15, 0.2) is 0 Å². The predicted octanol–water partition coefficient (Wildman–Crippen LogP) is 2.26. The van der Waals surface area contributed by atoms with E-state index in [0.717, 1.165) is 5.69 Å². The Hall–Kier alpha value is -1.85. The highest BCUT2D eigenvalue weighted by molar-refractivity contribution is 6.31. The molecule has 1 aromatic carbocycles. The summed E-state index contributed by atoms with van der Waals surface area (Å²) in [5, 5.41) is 4.77. The van der Waals surface area contributed by atoms with Gasteiger partial charge in [-0.25, -0.2) is 4.79 Å². The van der Waals surface area contributed by atoms with Gasteiger partial charge in [-0.15, -0.1) is 0 Å². The molecule has 1 aromatic heterocycles. The summed E-state index contributed by atoms with van der Waals surface area (Å²) in [5.41, 5.74) is 6.68. The molecule has 2 aromatic rings. The first-order valence-electron chi connectivity index (χ1n) is 6.60. The third-order valence-electron chi connectivity index (χ3n) is 3.60. The van der Waals surface area contributed by atoms with Crippen LogP contribution in [0.15, 0.2) is 36.5 Å². The summed E-state index contributed by atoms with van der Waals surface area (Å²) in [6, 6.07) is 9.20. The van der Waals surface area contributed by atoms with Crippen LogP contribution in [0.2, 0.25) is 5.02 Å². The molecular formula is C15H18ClN3O2. The van der Waals surface area contributed by atoms with Crippen LogP contribution in [0.25, 0.3) is 0 Å². The average molecular weight is 308 g/mol. The second kappa shape index (κ2) is 6.28. The van der Waals surface area contributed by atoms with Crippen LogP contribution in [0.3, 0.4) is 0 Å². The third-order valence-corrected chi connectivity index (χ3v) is 3.97. The maximum absolute atomic E-state index is 12.1. The monoisotopic (exact) mass is 307 g/mol. The number of aromatic nitrogens is 2. The Morgan fingerprint density at radius 2 is 2.10 bits per heavy atom. The van der Waals surface area contributed by atoms with Crippen molar-refractivity contribution in [3.05, 3.63) is 52.8 Å². The molecule has 1 unspecified atom stereocenters. The highest BCUT2D eigenvalue weighted by atomic mass is 35.5. The molecule has 21 heavy (non-hydrogen) atoms. The van der Waals surface area contributed by atoms with Crippen molar-refractivity contribution in [3.63, 3.8) is 0 Å². The third kappa shape index (κ3) is 3.09. The maximum Gasteiger partial charge on any atom is 0.330 e. The smallest absolute Gasteiger partial charge is 0.330 e. The van der Waals surface area contributed by atoms with Crippen LogP contribution in [0.5, 0.6) is 0 Å². The molecule has 2 N–H and O–H groups in total. The van der Waals surface area contributed by atoms with Gasteiger partial charge in [-0.05, 0) is 18.9 Å². The Morgan fingerprint density at radius 1 is 1.43 bits per heavy atom. The quantitative estimate of drug-likeness (QED) is 0.860. The topological polar surface area (TPSA) is 70.1 Å². The van der Waals surface area contributed by atoms with Crippen LogP contribution in [0.1, 0.15) is 17.7 Å². The zero-order chi connectivity index (χ0) is 15.5. The molecule has 1 atom stereocenters. The molecule has 5 nitrogen and oxygen atoms in total. The number of nitrogens with zero attached hydrogens (tertiary/aromatic N) is 2. The molecule has 0 amide bonds. The lowest BCUT2D eigenvalue weighted by molar-refractivity contribution is -0.148. The predicted molar refractivity (Wildman–Crippen MR) is 80.9 cm³/mol. The lowest BCUT2D eigenvalue weighted by Gasteiger charge is -2.27. The van der Waals surface area contributed by atoms with E-state index in [-0.39, 0.29) is 0 Å². The van der Waals surface area contributed by atoms with Crippen molar-refractivity contribution in [3.8, 4) is 0 Å². The van der Waals surface area contributed by atoms with E-state index in [1.165, 1.54) is 7.11 Å². The fourth-order valence-electron chi connectivity index (χ4n) is 2.21. The zero-order valence-electron chi connectivity index (χ0n) is 12.0. The number of methoxy groups -OCH3 is 1. The lowest BCUT2D eigenvalue weighted by Crippen LogP contribution is -2.46. The number of carbonyl (C=O) groups excluding carboxylic acids is 1. The van der Waals surface area contributed by atoms with Gasteiger partial charge in [0.1, 0.15) is 5.54 Å². The molecule has 0 saturated heterocycles. The van der Waals surface area contributed by atoms with Gasteiger partial charge in [0.25, 0.3) is 0 Å². The number of hydrogen-bond donors (Lipinski definition) is 1. The number of carbonyl (C=O) groups is 1. The first-order chi connectivity index (χ1) is 9.99. The first-order valence-corrected chi connectivity index (χ1v) is 6.97. The number of esters is 1. The van der Waals surface area contributed by atoms with Crippen molar-refractivity contribution >= 4 is 17.6 Å². The minimum Gasteiger partial charge on any atom is -0.467 e. The molecule has 6 heteroatoms. The van der Waals surface area contributed by atoms with E-state index < -0.39 is 11.5 Å². The lowest BCUT2D eigenvalue weighted by atomic mass is 9.87. The van der Waals surface area contributed by atoms with Crippen molar-refractivity contribution in [1.82, 2.24) is 9.78 Å². The van der Waals surface area contributed by atoms with E-state index in [1.54, 1.807) is 10.9 Å². The molecule has 2 rings (SSSR count). The van der Waals surface area contributed by atoms with Crippen LogP contribution in [0.4, 0.5) is 0 Å². The van der Waals surface area contributed by atoms with Gasteiger partial charge in [0.2, 0.25) is 0 Å². The first kappa shape index (κ1) is 15.5. The van der Waals surface area contributed by atoms with Crippen molar-refractivity contribution in [2.24, 2.45) is 5.73 Å². The molecule has 0 fully saturated rings. The van der Waals surface area contributed by atoms with Gasteiger partial charge in [-0.2, -0.15) is 5.10 Å². The molecule has 0 aliphatic rings. The van der Waals surface area contributed by atoms with Gasteiger partial charge in [0, 0.05) is 6.54 Å². The molecule has 0 aliphatic heterocycles. The van der Waals surface area contributed by atoms with Gasteiger partial charge in [-0.1, -0.05) is 41.9 Å². The summed E-state index contributed by atoms with van der Waals surface area (Å²) in [5.74, 6) is -0.468. The van der Waals surface area contributed by atoms with Gasteiger partial charge >= 0.3 is 5.97 Å². The standard InChI is InChI=1S/C15H18ClN3O2/c1-11-13(16)10-18-19(11)9-8-15(17,14(20)21-2)12-6-4-3-5-7-12/h3-7,10H,8-9,17H2,1-2H3.